The predicted octanol–water partition coefficient (Wildman–Crippen LogP) is 1.29. The number of pyridine rings is 1. The average Bonchev–Trinajstić information content (AvgIpc) is 2.42. The Bertz CT molecular complexity index is 449. The normalized spacial score (nSPS) is 20.4. The first-order valence-electron chi connectivity index (χ1n) is 6.81. The fourth-order valence-corrected chi connectivity index (χ4v) is 2.26. The monoisotopic (exact) mass is 262 g/mol. The summed E-state index contributed by atoms with van der Waals surface area (Å²) in [5.41, 5.74) is 0.711. The third-order valence-corrected chi connectivity index (χ3v) is 3.61. The van der Waals surface area contributed by atoms with E-state index in [0.29, 0.717) is 11.6 Å². The molecule has 1 N–H and O–H groups in total. The molecular weight excluding hydrogens is 240 g/mol. The molecule has 0 saturated carbocycles. The zero-order valence-corrected chi connectivity index (χ0v) is 11.9. The van der Waals surface area contributed by atoms with Crippen LogP contribution < -0.4 is 5.32 Å². The third kappa shape index (κ3) is 3.23. The Morgan fingerprint density at radius 2 is 2.32 bits per heavy atom. The van der Waals surface area contributed by atoms with Gasteiger partial charge in [-0.2, -0.15) is 0 Å². The van der Waals surface area contributed by atoms with E-state index in [-0.39, 0.29) is 5.91 Å². The van der Waals surface area contributed by atoms with Crippen LogP contribution in [0.25, 0.3) is 0 Å². The fourth-order valence-electron chi connectivity index (χ4n) is 2.26. The van der Waals surface area contributed by atoms with Crippen LogP contribution in [0, 0.1) is 0 Å². The van der Waals surface area contributed by atoms with Crippen LogP contribution in [-0.4, -0.2) is 60.0 Å². The summed E-state index contributed by atoms with van der Waals surface area (Å²) in [6, 6.07) is 4.02. The minimum absolute atomic E-state index is 0.0986. The van der Waals surface area contributed by atoms with Crippen LogP contribution in [0.5, 0.6) is 0 Å². The van der Waals surface area contributed by atoms with E-state index in [1.54, 1.807) is 12.3 Å². The summed E-state index contributed by atoms with van der Waals surface area (Å²) in [6.45, 7) is 7.47. The smallest absolute Gasteiger partial charge is 0.254 e. The minimum Gasteiger partial charge on any atom is -0.370 e. The molecule has 0 aromatic carbocycles. The maximum atomic E-state index is 12.5. The van der Waals surface area contributed by atoms with Crippen molar-refractivity contribution in [2.45, 2.75) is 19.9 Å². The highest BCUT2D eigenvalue weighted by atomic mass is 16.2. The summed E-state index contributed by atoms with van der Waals surface area (Å²) in [5, 5.41) is 3.13. The van der Waals surface area contributed by atoms with Crippen molar-refractivity contribution < 1.29 is 4.79 Å². The van der Waals surface area contributed by atoms with Crippen LogP contribution in [0.15, 0.2) is 18.3 Å². The van der Waals surface area contributed by atoms with E-state index in [0.717, 1.165) is 32.0 Å². The number of hydrogen-bond acceptors (Lipinski definition) is 4. The van der Waals surface area contributed by atoms with Crippen LogP contribution in [0.2, 0.25) is 0 Å². The number of likely N-dealkylation sites (N-methyl/N-ethyl adjacent to an activating group) is 1. The Morgan fingerprint density at radius 3 is 3.00 bits per heavy atom. The van der Waals surface area contributed by atoms with Gasteiger partial charge in [0, 0.05) is 44.0 Å². The molecule has 1 fully saturated rings. The Labute approximate surface area is 114 Å². The summed E-state index contributed by atoms with van der Waals surface area (Å²) >= 11 is 0. The SMILES string of the molecule is CCNc1cc(C(=O)N2CCN(C)C(C)C2)ccn1. The van der Waals surface area contributed by atoms with Gasteiger partial charge in [-0.3, -0.25) is 4.79 Å². The molecule has 1 saturated heterocycles. The first-order chi connectivity index (χ1) is 9.11. The maximum Gasteiger partial charge on any atom is 0.254 e. The Balaban J connectivity index is 2.09. The highest BCUT2D eigenvalue weighted by molar-refractivity contribution is 5.94. The van der Waals surface area contributed by atoms with Crippen molar-refractivity contribution in [2.75, 3.05) is 38.5 Å². The number of nitrogens with one attached hydrogen (secondary N) is 1. The molecule has 2 heterocycles. The maximum absolute atomic E-state index is 12.5. The molecule has 1 aromatic rings. The number of carbonyl (C=O) groups excluding carboxylic acids is 1. The van der Waals surface area contributed by atoms with Gasteiger partial charge in [-0.05, 0) is 33.0 Å². The van der Waals surface area contributed by atoms with Crippen molar-refractivity contribution in [3.05, 3.63) is 23.9 Å². The van der Waals surface area contributed by atoms with E-state index in [9.17, 15) is 4.79 Å². The number of hydrogen-bond donors (Lipinski definition) is 1. The molecule has 0 aliphatic carbocycles. The van der Waals surface area contributed by atoms with Gasteiger partial charge in [-0.15, -0.1) is 0 Å². The predicted molar refractivity (Wildman–Crippen MR) is 76.4 cm³/mol. The number of aromatic nitrogens is 1. The number of anilines is 1. The van der Waals surface area contributed by atoms with Crippen molar-refractivity contribution in [3.63, 3.8) is 0 Å². The molecule has 0 radical (unpaired) electrons. The van der Waals surface area contributed by atoms with Crippen molar-refractivity contribution >= 4 is 11.7 Å². The van der Waals surface area contributed by atoms with Gasteiger partial charge in [0.2, 0.25) is 0 Å². The highest BCUT2D eigenvalue weighted by Gasteiger charge is 2.25. The average molecular weight is 262 g/mol. The lowest BCUT2D eigenvalue weighted by Crippen LogP contribution is -2.52. The first-order valence-corrected chi connectivity index (χ1v) is 6.81. The Hall–Kier alpha value is -1.62. The van der Waals surface area contributed by atoms with E-state index >= 15 is 0 Å². The standard InChI is InChI=1S/C14H22N4O/c1-4-15-13-9-12(5-6-16-13)14(19)18-8-7-17(3)11(2)10-18/h5-6,9,11H,4,7-8,10H2,1-3H3,(H,15,16). The number of nitrogens with zero attached hydrogens (tertiary/aromatic N) is 3. The summed E-state index contributed by atoms with van der Waals surface area (Å²) in [4.78, 5) is 20.9. The molecule has 0 spiro atoms. The van der Waals surface area contributed by atoms with Crippen LogP contribution >= 0.6 is 0 Å². The van der Waals surface area contributed by atoms with Gasteiger partial charge in [0.05, 0.1) is 0 Å². The van der Waals surface area contributed by atoms with Gasteiger partial charge in [0.25, 0.3) is 5.91 Å². The molecule has 1 aliphatic heterocycles. The highest BCUT2D eigenvalue weighted by Crippen LogP contribution is 2.13. The Kier molecular flexibility index (Phi) is 4.37. The number of rotatable bonds is 3. The quantitative estimate of drug-likeness (QED) is 0.891. The molecule has 0 bridgehead atoms. The molecule has 1 aliphatic rings. The van der Waals surface area contributed by atoms with Gasteiger partial charge in [-0.1, -0.05) is 0 Å². The number of piperazine rings is 1. The van der Waals surface area contributed by atoms with Crippen LogP contribution in [0.1, 0.15) is 24.2 Å². The zero-order chi connectivity index (χ0) is 13.8. The van der Waals surface area contributed by atoms with E-state index < -0.39 is 0 Å². The van der Waals surface area contributed by atoms with Gasteiger partial charge in [-0.25, -0.2) is 4.98 Å². The molecule has 1 amide bonds. The lowest BCUT2D eigenvalue weighted by Gasteiger charge is -2.37. The van der Waals surface area contributed by atoms with Gasteiger partial charge in [0.15, 0.2) is 0 Å². The topological polar surface area (TPSA) is 48.5 Å². The van der Waals surface area contributed by atoms with Gasteiger partial charge < -0.3 is 15.1 Å². The number of carbonyl (C=O) groups is 1. The summed E-state index contributed by atoms with van der Waals surface area (Å²) in [6.07, 6.45) is 1.69. The van der Waals surface area contributed by atoms with Crippen molar-refractivity contribution in [1.82, 2.24) is 14.8 Å². The lowest BCUT2D eigenvalue weighted by molar-refractivity contribution is 0.0572. The van der Waals surface area contributed by atoms with Crippen LogP contribution in [0.3, 0.4) is 0 Å². The van der Waals surface area contributed by atoms with Gasteiger partial charge in [0.1, 0.15) is 5.82 Å². The minimum atomic E-state index is 0.0986. The summed E-state index contributed by atoms with van der Waals surface area (Å²) in [5.74, 6) is 0.858. The van der Waals surface area contributed by atoms with E-state index in [2.05, 4.69) is 29.2 Å². The van der Waals surface area contributed by atoms with Crippen LogP contribution in [-0.2, 0) is 0 Å². The summed E-state index contributed by atoms with van der Waals surface area (Å²) in [7, 11) is 2.10. The second-order valence-electron chi connectivity index (χ2n) is 5.04. The molecule has 5 heteroatoms. The largest absolute Gasteiger partial charge is 0.370 e. The molecule has 19 heavy (non-hydrogen) atoms. The van der Waals surface area contributed by atoms with Gasteiger partial charge >= 0.3 is 0 Å². The van der Waals surface area contributed by atoms with Crippen molar-refractivity contribution in [3.8, 4) is 0 Å². The van der Waals surface area contributed by atoms with Crippen molar-refractivity contribution in [2.24, 2.45) is 0 Å². The molecule has 5 nitrogen and oxygen atoms in total. The molecular formula is C14H22N4O. The second kappa shape index (κ2) is 6.02. The molecule has 2 rings (SSSR count). The molecule has 104 valence electrons. The van der Waals surface area contributed by atoms with Crippen molar-refractivity contribution in [1.29, 1.82) is 0 Å². The second-order valence-corrected chi connectivity index (χ2v) is 5.04. The molecule has 1 atom stereocenters. The van der Waals surface area contributed by atoms with Crippen LogP contribution in [0.4, 0.5) is 5.82 Å². The molecule has 1 aromatic heterocycles. The Morgan fingerprint density at radius 1 is 1.53 bits per heavy atom. The zero-order valence-electron chi connectivity index (χ0n) is 11.9. The molecule has 1 unspecified atom stereocenters. The van der Waals surface area contributed by atoms with E-state index in [1.807, 2.05) is 17.9 Å². The number of amides is 1. The van der Waals surface area contributed by atoms with E-state index in [1.165, 1.54) is 0 Å². The first kappa shape index (κ1) is 13.8. The lowest BCUT2D eigenvalue weighted by atomic mass is 10.1. The third-order valence-electron chi connectivity index (χ3n) is 3.61. The summed E-state index contributed by atoms with van der Waals surface area (Å²) < 4.78 is 0. The van der Waals surface area contributed by atoms with E-state index in [4.69, 9.17) is 0 Å². The fraction of sp³-hybridized carbons (Fsp3) is 0.571.